The van der Waals surface area contributed by atoms with Crippen LogP contribution in [-0.4, -0.2) is 9.55 Å². The third-order valence-corrected chi connectivity index (χ3v) is 2.64. The van der Waals surface area contributed by atoms with E-state index in [0.29, 0.717) is 5.92 Å². The molecule has 0 saturated carbocycles. The van der Waals surface area contributed by atoms with Gasteiger partial charge in [0.25, 0.3) is 0 Å². The second kappa shape index (κ2) is 9.37. The van der Waals surface area contributed by atoms with Gasteiger partial charge in [-0.1, -0.05) is 65.8 Å². The van der Waals surface area contributed by atoms with Crippen molar-refractivity contribution < 1.29 is 0 Å². The molecule has 1 heterocycles. The zero-order chi connectivity index (χ0) is 14.8. The Morgan fingerprint density at radius 2 is 1.58 bits per heavy atom. The van der Waals surface area contributed by atoms with Crippen LogP contribution in [0, 0.1) is 0 Å². The number of hydrogen-bond acceptors (Lipinski definition) is 1. The minimum Gasteiger partial charge on any atom is -0.334 e. The number of imidazole rings is 1. The second-order valence-electron chi connectivity index (χ2n) is 4.10. The summed E-state index contributed by atoms with van der Waals surface area (Å²) in [4.78, 5) is 4.39. The van der Waals surface area contributed by atoms with Gasteiger partial charge in [0.2, 0.25) is 0 Å². The average Bonchev–Trinajstić information content (AvgIpc) is 2.89. The van der Waals surface area contributed by atoms with Crippen molar-refractivity contribution in [3.8, 4) is 11.4 Å². The highest BCUT2D eigenvalue weighted by molar-refractivity contribution is 5.61. The van der Waals surface area contributed by atoms with Gasteiger partial charge in [-0.05, 0) is 11.5 Å². The van der Waals surface area contributed by atoms with E-state index in [1.807, 2.05) is 47.1 Å². The fourth-order valence-electron chi connectivity index (χ4n) is 1.83. The molecule has 2 heteroatoms. The molecule has 0 fully saturated rings. The fraction of sp³-hybridized carbons (Fsp3) is 0.471. The number of aryl methyl sites for hydroxylation is 1. The van der Waals surface area contributed by atoms with Crippen LogP contribution in [0.4, 0.5) is 0 Å². The number of rotatable bonds is 2. The van der Waals surface area contributed by atoms with Gasteiger partial charge in [-0.3, -0.25) is 0 Å². The lowest BCUT2D eigenvalue weighted by molar-refractivity contribution is 0.857. The van der Waals surface area contributed by atoms with Crippen molar-refractivity contribution in [2.45, 2.75) is 47.5 Å². The summed E-state index contributed by atoms with van der Waals surface area (Å²) in [5.41, 5.74) is 2.59. The van der Waals surface area contributed by atoms with Crippen LogP contribution >= 0.6 is 0 Å². The normalized spacial score (nSPS) is 9.26. The summed E-state index contributed by atoms with van der Waals surface area (Å²) in [6.07, 6.45) is 3.82. The van der Waals surface area contributed by atoms with Crippen LogP contribution in [0.5, 0.6) is 0 Å². The van der Waals surface area contributed by atoms with Crippen LogP contribution in [-0.2, 0) is 7.05 Å². The highest BCUT2D eigenvalue weighted by Gasteiger charge is 2.10. The Bertz CT molecular complexity index is 456. The number of hydrogen-bond donors (Lipinski definition) is 0. The van der Waals surface area contributed by atoms with Crippen LogP contribution in [0.2, 0.25) is 0 Å². The van der Waals surface area contributed by atoms with Gasteiger partial charge in [-0.25, -0.2) is 4.98 Å². The Labute approximate surface area is 118 Å². The van der Waals surface area contributed by atoms with Gasteiger partial charge in [-0.15, -0.1) is 0 Å². The molecule has 2 aromatic rings. The quantitative estimate of drug-likeness (QED) is 0.720. The molecule has 0 aliphatic carbocycles. The molecule has 0 unspecified atom stereocenters. The summed E-state index contributed by atoms with van der Waals surface area (Å²) >= 11 is 0. The maximum absolute atomic E-state index is 4.39. The minimum atomic E-state index is 0.526. The van der Waals surface area contributed by atoms with Gasteiger partial charge < -0.3 is 4.57 Å². The first-order valence-corrected chi connectivity index (χ1v) is 7.26. The van der Waals surface area contributed by atoms with Crippen molar-refractivity contribution in [2.75, 3.05) is 0 Å². The molecule has 0 N–H and O–H groups in total. The molecule has 106 valence electrons. The van der Waals surface area contributed by atoms with E-state index < -0.39 is 0 Å². The van der Waals surface area contributed by atoms with Gasteiger partial charge in [0.05, 0.1) is 0 Å². The van der Waals surface area contributed by atoms with Crippen molar-refractivity contribution in [1.82, 2.24) is 9.55 Å². The molecule has 0 amide bonds. The summed E-state index contributed by atoms with van der Waals surface area (Å²) in [6, 6.07) is 8.46. The van der Waals surface area contributed by atoms with Gasteiger partial charge >= 0.3 is 0 Å². The Morgan fingerprint density at radius 3 is 2.05 bits per heavy atom. The van der Waals surface area contributed by atoms with Crippen molar-refractivity contribution in [2.24, 2.45) is 7.05 Å². The number of aromatic nitrogens is 2. The molecule has 1 aromatic heterocycles. The highest BCUT2D eigenvalue weighted by Crippen LogP contribution is 2.27. The number of benzene rings is 1. The molecule has 0 aliphatic rings. The van der Waals surface area contributed by atoms with E-state index in [0.717, 1.165) is 5.82 Å². The Hall–Kier alpha value is -1.57. The smallest absolute Gasteiger partial charge is 0.139 e. The molecule has 0 spiro atoms. The molecule has 2 rings (SSSR count). The first-order valence-electron chi connectivity index (χ1n) is 7.26. The zero-order valence-electron chi connectivity index (χ0n) is 13.4. The van der Waals surface area contributed by atoms with Gasteiger partial charge in [-0.2, -0.15) is 0 Å². The maximum Gasteiger partial charge on any atom is 0.139 e. The van der Waals surface area contributed by atoms with Crippen LogP contribution in [0.15, 0.2) is 36.7 Å². The van der Waals surface area contributed by atoms with Crippen molar-refractivity contribution >= 4 is 0 Å². The standard InChI is InChI=1S/C13H16N2.2C2H6/c1-10(2)11-6-4-5-7-12(11)13-14-8-9-15(13)3;2*1-2/h4-10H,1-3H3;2*1-2H3. The van der Waals surface area contributed by atoms with Crippen molar-refractivity contribution in [1.29, 1.82) is 0 Å². The summed E-state index contributed by atoms with van der Waals surface area (Å²) < 4.78 is 2.06. The lowest BCUT2D eigenvalue weighted by Gasteiger charge is -2.11. The molecule has 0 saturated heterocycles. The lowest BCUT2D eigenvalue weighted by atomic mass is 9.97. The molecular formula is C17H28N2. The highest BCUT2D eigenvalue weighted by atomic mass is 15.0. The SMILES string of the molecule is CC.CC.CC(C)c1ccccc1-c1nccn1C. The summed E-state index contributed by atoms with van der Waals surface area (Å²) in [5, 5.41) is 0. The second-order valence-corrected chi connectivity index (χ2v) is 4.10. The topological polar surface area (TPSA) is 17.8 Å². The number of nitrogens with zero attached hydrogens (tertiary/aromatic N) is 2. The summed E-state index contributed by atoms with van der Waals surface area (Å²) in [5.74, 6) is 1.57. The maximum atomic E-state index is 4.39. The van der Waals surface area contributed by atoms with Gasteiger partial charge in [0.1, 0.15) is 5.82 Å². The first-order chi connectivity index (χ1) is 9.20. The third kappa shape index (κ3) is 4.55. The van der Waals surface area contributed by atoms with E-state index in [-0.39, 0.29) is 0 Å². The Kier molecular flexibility index (Phi) is 8.60. The molecule has 0 bridgehead atoms. The summed E-state index contributed by atoms with van der Waals surface area (Å²) in [6.45, 7) is 12.4. The molecule has 0 radical (unpaired) electrons. The molecule has 2 nitrogen and oxygen atoms in total. The monoisotopic (exact) mass is 260 g/mol. The minimum absolute atomic E-state index is 0.526. The average molecular weight is 260 g/mol. The third-order valence-electron chi connectivity index (χ3n) is 2.64. The van der Waals surface area contributed by atoms with Crippen LogP contribution in [0.25, 0.3) is 11.4 Å². The van der Waals surface area contributed by atoms with E-state index >= 15 is 0 Å². The fourth-order valence-corrected chi connectivity index (χ4v) is 1.83. The van der Waals surface area contributed by atoms with Crippen LogP contribution in [0.3, 0.4) is 0 Å². The molecule has 0 aliphatic heterocycles. The zero-order valence-corrected chi connectivity index (χ0v) is 13.4. The molecule has 0 atom stereocenters. The molecule has 19 heavy (non-hydrogen) atoms. The summed E-state index contributed by atoms with van der Waals surface area (Å²) in [7, 11) is 2.03. The predicted octanol–water partition coefficient (Wildman–Crippen LogP) is 5.26. The van der Waals surface area contributed by atoms with Crippen molar-refractivity contribution in [3.05, 3.63) is 42.2 Å². The largest absolute Gasteiger partial charge is 0.334 e. The van der Waals surface area contributed by atoms with Gasteiger partial charge in [0.15, 0.2) is 0 Å². The van der Waals surface area contributed by atoms with E-state index in [4.69, 9.17) is 0 Å². The Morgan fingerprint density at radius 1 is 1.00 bits per heavy atom. The van der Waals surface area contributed by atoms with E-state index in [1.165, 1.54) is 11.1 Å². The predicted molar refractivity (Wildman–Crippen MR) is 85.4 cm³/mol. The molecule has 1 aromatic carbocycles. The van der Waals surface area contributed by atoms with E-state index in [2.05, 4.69) is 47.7 Å². The Balaban J connectivity index is 0.000000741. The molecular weight excluding hydrogens is 232 g/mol. The van der Waals surface area contributed by atoms with Crippen LogP contribution < -0.4 is 0 Å². The van der Waals surface area contributed by atoms with E-state index in [1.54, 1.807) is 0 Å². The first kappa shape index (κ1) is 17.4. The van der Waals surface area contributed by atoms with Gasteiger partial charge in [0, 0.05) is 25.0 Å². The van der Waals surface area contributed by atoms with Crippen molar-refractivity contribution in [3.63, 3.8) is 0 Å². The lowest BCUT2D eigenvalue weighted by Crippen LogP contribution is -1.97. The van der Waals surface area contributed by atoms with E-state index in [9.17, 15) is 0 Å². The van der Waals surface area contributed by atoms with Crippen LogP contribution in [0.1, 0.15) is 53.0 Å².